The summed E-state index contributed by atoms with van der Waals surface area (Å²) in [4.78, 5) is 13.7. The van der Waals surface area contributed by atoms with Crippen LogP contribution in [0.4, 0.5) is 4.39 Å². The predicted molar refractivity (Wildman–Crippen MR) is 101 cm³/mol. The SMILES string of the molecule is CC(=NOCCO)c1ccc2nnn(Cc3cc4cccnc4cc3F)c2n1. The number of aliphatic hydroxyl groups excluding tert-OH is 1. The molecule has 0 aliphatic heterocycles. The molecule has 3 aromatic heterocycles. The summed E-state index contributed by atoms with van der Waals surface area (Å²) in [6.45, 7) is 1.92. The third-order valence-electron chi connectivity index (χ3n) is 4.21. The van der Waals surface area contributed by atoms with E-state index < -0.39 is 0 Å². The lowest BCUT2D eigenvalue weighted by atomic mass is 10.1. The van der Waals surface area contributed by atoms with Crippen LogP contribution in [-0.4, -0.2) is 49.0 Å². The van der Waals surface area contributed by atoms with Gasteiger partial charge in [0.2, 0.25) is 0 Å². The number of hydrogen-bond donors (Lipinski definition) is 1. The van der Waals surface area contributed by atoms with Crippen molar-refractivity contribution in [2.75, 3.05) is 13.2 Å². The van der Waals surface area contributed by atoms with Gasteiger partial charge < -0.3 is 9.94 Å². The molecule has 3 heterocycles. The second-order valence-corrected chi connectivity index (χ2v) is 6.16. The first-order valence-corrected chi connectivity index (χ1v) is 8.67. The number of oxime groups is 1. The Morgan fingerprint density at radius 1 is 1.25 bits per heavy atom. The van der Waals surface area contributed by atoms with E-state index >= 15 is 0 Å². The van der Waals surface area contributed by atoms with Crippen molar-refractivity contribution >= 4 is 27.8 Å². The van der Waals surface area contributed by atoms with Crippen molar-refractivity contribution in [3.05, 3.63) is 59.7 Å². The summed E-state index contributed by atoms with van der Waals surface area (Å²) < 4.78 is 16.1. The number of halogens is 1. The highest BCUT2D eigenvalue weighted by molar-refractivity contribution is 5.97. The summed E-state index contributed by atoms with van der Waals surface area (Å²) in [5, 5.41) is 21.7. The molecule has 4 rings (SSSR count). The summed E-state index contributed by atoms with van der Waals surface area (Å²) in [6, 6.07) is 10.4. The zero-order valence-electron chi connectivity index (χ0n) is 15.1. The number of pyridine rings is 2. The molecule has 4 aromatic rings. The number of aliphatic hydroxyl groups is 1. The van der Waals surface area contributed by atoms with Crippen LogP contribution in [0.15, 0.2) is 47.8 Å². The van der Waals surface area contributed by atoms with Gasteiger partial charge in [-0.2, -0.15) is 0 Å². The molecule has 8 nitrogen and oxygen atoms in total. The molecule has 28 heavy (non-hydrogen) atoms. The molecule has 0 amide bonds. The maximum absolute atomic E-state index is 14.5. The van der Waals surface area contributed by atoms with E-state index in [9.17, 15) is 4.39 Å². The van der Waals surface area contributed by atoms with Gasteiger partial charge in [-0.1, -0.05) is 16.4 Å². The molecule has 0 aliphatic rings. The van der Waals surface area contributed by atoms with Crippen molar-refractivity contribution < 1.29 is 14.3 Å². The predicted octanol–water partition coefficient (Wildman–Crippen LogP) is 2.29. The number of hydrogen-bond acceptors (Lipinski definition) is 7. The third kappa shape index (κ3) is 3.52. The van der Waals surface area contributed by atoms with E-state index in [2.05, 4.69) is 25.4 Å². The van der Waals surface area contributed by atoms with Crippen LogP contribution in [-0.2, 0) is 11.4 Å². The lowest BCUT2D eigenvalue weighted by molar-refractivity contribution is 0.0986. The molecule has 1 N–H and O–H groups in total. The van der Waals surface area contributed by atoms with E-state index in [1.807, 2.05) is 12.1 Å². The van der Waals surface area contributed by atoms with Crippen molar-refractivity contribution in [1.82, 2.24) is 25.0 Å². The van der Waals surface area contributed by atoms with Gasteiger partial charge in [0.15, 0.2) is 5.65 Å². The Kier molecular flexibility index (Phi) is 4.90. The molecule has 1 aromatic carbocycles. The van der Waals surface area contributed by atoms with E-state index in [4.69, 9.17) is 9.94 Å². The zero-order chi connectivity index (χ0) is 19.5. The van der Waals surface area contributed by atoms with Gasteiger partial charge in [-0.15, -0.1) is 5.10 Å². The Labute approximate surface area is 159 Å². The summed E-state index contributed by atoms with van der Waals surface area (Å²) in [5.41, 5.74) is 3.30. The van der Waals surface area contributed by atoms with Crippen molar-refractivity contribution in [2.24, 2.45) is 5.16 Å². The highest BCUT2D eigenvalue weighted by Crippen LogP contribution is 2.19. The van der Waals surface area contributed by atoms with Crippen LogP contribution in [0.25, 0.3) is 22.1 Å². The van der Waals surface area contributed by atoms with Crippen molar-refractivity contribution in [3.63, 3.8) is 0 Å². The smallest absolute Gasteiger partial charge is 0.179 e. The Hall–Kier alpha value is -3.46. The molecule has 0 saturated carbocycles. The number of rotatable bonds is 6. The lowest BCUT2D eigenvalue weighted by Crippen LogP contribution is -2.07. The highest BCUT2D eigenvalue weighted by atomic mass is 19.1. The summed E-state index contributed by atoms with van der Waals surface area (Å²) >= 11 is 0. The minimum absolute atomic E-state index is 0.106. The fourth-order valence-electron chi connectivity index (χ4n) is 2.82. The molecular formula is C19H17FN6O2. The van der Waals surface area contributed by atoms with E-state index in [0.29, 0.717) is 33.6 Å². The molecular weight excluding hydrogens is 363 g/mol. The van der Waals surface area contributed by atoms with Gasteiger partial charge in [-0.3, -0.25) is 4.98 Å². The second kappa shape index (κ2) is 7.65. The highest BCUT2D eigenvalue weighted by Gasteiger charge is 2.12. The number of fused-ring (bicyclic) bond motifs is 2. The van der Waals surface area contributed by atoms with Gasteiger partial charge in [0.05, 0.1) is 24.4 Å². The van der Waals surface area contributed by atoms with Crippen LogP contribution in [0.3, 0.4) is 0 Å². The lowest BCUT2D eigenvalue weighted by Gasteiger charge is -2.07. The first-order valence-electron chi connectivity index (χ1n) is 8.67. The average Bonchev–Trinajstić information content (AvgIpc) is 3.10. The Balaban J connectivity index is 1.68. The minimum atomic E-state index is -0.360. The molecule has 0 bridgehead atoms. The van der Waals surface area contributed by atoms with Gasteiger partial charge in [0.1, 0.15) is 23.7 Å². The normalized spacial score (nSPS) is 12.0. The molecule has 142 valence electrons. The molecule has 0 fully saturated rings. The maximum Gasteiger partial charge on any atom is 0.179 e. The number of benzene rings is 1. The minimum Gasteiger partial charge on any atom is -0.393 e. The molecule has 0 radical (unpaired) electrons. The topological polar surface area (TPSA) is 98.3 Å². The molecule has 9 heteroatoms. The molecule has 0 saturated heterocycles. The van der Waals surface area contributed by atoms with Crippen LogP contribution in [0.1, 0.15) is 18.2 Å². The molecule has 0 atom stereocenters. The zero-order valence-corrected chi connectivity index (χ0v) is 15.1. The van der Waals surface area contributed by atoms with Crippen LogP contribution in [0, 0.1) is 5.82 Å². The quantitative estimate of drug-likeness (QED) is 0.313. The molecule has 0 unspecified atom stereocenters. The second-order valence-electron chi connectivity index (χ2n) is 6.16. The largest absolute Gasteiger partial charge is 0.393 e. The summed E-state index contributed by atoms with van der Waals surface area (Å²) in [7, 11) is 0. The maximum atomic E-state index is 14.5. The first-order chi connectivity index (χ1) is 13.7. The van der Waals surface area contributed by atoms with Crippen LogP contribution in [0.2, 0.25) is 0 Å². The van der Waals surface area contributed by atoms with Crippen molar-refractivity contribution in [1.29, 1.82) is 0 Å². The monoisotopic (exact) mass is 380 g/mol. The Bertz CT molecular complexity index is 1170. The van der Waals surface area contributed by atoms with Crippen LogP contribution in [0.5, 0.6) is 0 Å². The average molecular weight is 380 g/mol. The number of aromatic nitrogens is 5. The van der Waals surface area contributed by atoms with Gasteiger partial charge in [0.25, 0.3) is 0 Å². The number of nitrogens with zero attached hydrogens (tertiary/aromatic N) is 6. The van der Waals surface area contributed by atoms with Crippen molar-refractivity contribution in [2.45, 2.75) is 13.5 Å². The van der Waals surface area contributed by atoms with E-state index in [-0.39, 0.29) is 25.6 Å². The fourth-order valence-corrected chi connectivity index (χ4v) is 2.82. The Morgan fingerprint density at radius 2 is 2.14 bits per heavy atom. The fraction of sp³-hybridized carbons (Fsp3) is 0.211. The Morgan fingerprint density at radius 3 is 3.00 bits per heavy atom. The first kappa shape index (κ1) is 17.9. The summed E-state index contributed by atoms with van der Waals surface area (Å²) in [6.07, 6.45) is 1.63. The standard InChI is InChI=1S/C19H17FN6O2/c1-12(24-28-8-7-27)16-4-5-17-19(22-16)26(25-23-17)11-14-9-13-3-2-6-21-18(13)10-15(14)20/h2-6,9-10,27H,7-8,11H2,1H3. The van der Waals surface area contributed by atoms with Gasteiger partial charge in [-0.05, 0) is 31.2 Å². The van der Waals surface area contributed by atoms with Crippen LogP contribution < -0.4 is 0 Å². The van der Waals surface area contributed by atoms with Crippen LogP contribution >= 0.6 is 0 Å². The third-order valence-corrected chi connectivity index (χ3v) is 4.21. The van der Waals surface area contributed by atoms with Gasteiger partial charge >= 0.3 is 0 Å². The molecule has 0 spiro atoms. The van der Waals surface area contributed by atoms with E-state index in [1.165, 1.54) is 6.07 Å². The summed E-state index contributed by atoms with van der Waals surface area (Å²) in [5.74, 6) is -0.360. The van der Waals surface area contributed by atoms with E-state index in [1.54, 1.807) is 36.0 Å². The van der Waals surface area contributed by atoms with Gasteiger partial charge in [0, 0.05) is 23.2 Å². The van der Waals surface area contributed by atoms with E-state index in [0.717, 1.165) is 5.39 Å². The molecule has 0 aliphatic carbocycles. The van der Waals surface area contributed by atoms with Crippen molar-refractivity contribution in [3.8, 4) is 0 Å². The van der Waals surface area contributed by atoms with Gasteiger partial charge in [-0.25, -0.2) is 14.1 Å².